The zero-order chi connectivity index (χ0) is 22.6. The summed E-state index contributed by atoms with van der Waals surface area (Å²) in [6.07, 6.45) is -0.857. The summed E-state index contributed by atoms with van der Waals surface area (Å²) in [5.74, 6) is -1.66. The highest BCUT2D eigenvalue weighted by Gasteiger charge is 2.28. The fraction of sp³-hybridized carbons (Fsp3) is 0.368. The van der Waals surface area contributed by atoms with Crippen molar-refractivity contribution in [3.63, 3.8) is 0 Å². The number of halogens is 3. The van der Waals surface area contributed by atoms with E-state index in [9.17, 15) is 22.8 Å². The Balaban J connectivity index is 1.76. The van der Waals surface area contributed by atoms with Crippen molar-refractivity contribution >= 4 is 35.0 Å². The topological polar surface area (TPSA) is 139 Å². The minimum Gasteiger partial charge on any atom is -0.368 e. The van der Waals surface area contributed by atoms with Crippen LogP contribution < -0.4 is 27.0 Å². The molecular formula is C19H22F3N7O2. The van der Waals surface area contributed by atoms with Crippen molar-refractivity contribution in [2.24, 2.45) is 11.5 Å². The lowest BCUT2D eigenvalue weighted by atomic mass is 10.0. The number of anilines is 4. The normalized spacial score (nSPS) is 16.6. The second-order valence-corrected chi connectivity index (χ2v) is 7.07. The smallest absolute Gasteiger partial charge is 0.368 e. The molecular weight excluding hydrogens is 415 g/mol. The van der Waals surface area contributed by atoms with Gasteiger partial charge in [0.1, 0.15) is 18.4 Å². The van der Waals surface area contributed by atoms with Crippen LogP contribution in [0.2, 0.25) is 0 Å². The van der Waals surface area contributed by atoms with Crippen LogP contribution in [0.5, 0.6) is 0 Å². The van der Waals surface area contributed by atoms with Gasteiger partial charge in [-0.05, 0) is 43.5 Å². The van der Waals surface area contributed by atoms with Gasteiger partial charge in [0, 0.05) is 24.1 Å². The van der Waals surface area contributed by atoms with Crippen molar-refractivity contribution < 1.29 is 22.8 Å². The van der Waals surface area contributed by atoms with Crippen LogP contribution in [0, 0.1) is 0 Å². The molecule has 0 unspecified atom stereocenters. The molecule has 3 rings (SSSR count). The average Bonchev–Trinajstić information content (AvgIpc) is 2.72. The molecule has 31 heavy (non-hydrogen) atoms. The number of amides is 2. The first-order valence-electron chi connectivity index (χ1n) is 9.54. The molecule has 1 aliphatic heterocycles. The van der Waals surface area contributed by atoms with Crippen molar-refractivity contribution in [1.29, 1.82) is 0 Å². The predicted octanol–water partition coefficient (Wildman–Crippen LogP) is 2.14. The zero-order valence-electron chi connectivity index (χ0n) is 16.4. The van der Waals surface area contributed by atoms with Crippen LogP contribution in [0.25, 0.3) is 0 Å². The first-order chi connectivity index (χ1) is 14.6. The van der Waals surface area contributed by atoms with Crippen LogP contribution in [-0.2, 0) is 4.79 Å². The Morgan fingerprint density at radius 2 is 1.87 bits per heavy atom. The van der Waals surface area contributed by atoms with Crippen LogP contribution in [0.3, 0.4) is 0 Å². The highest BCUT2D eigenvalue weighted by atomic mass is 19.4. The van der Waals surface area contributed by atoms with E-state index in [1.165, 1.54) is 0 Å². The van der Waals surface area contributed by atoms with Crippen molar-refractivity contribution in [2.75, 3.05) is 28.6 Å². The van der Waals surface area contributed by atoms with Crippen LogP contribution in [-0.4, -0.2) is 47.1 Å². The Kier molecular flexibility index (Phi) is 6.47. The molecule has 1 atom stereocenters. The average molecular weight is 437 g/mol. The number of hydrogen-bond acceptors (Lipinski definition) is 7. The van der Waals surface area contributed by atoms with E-state index < -0.39 is 18.6 Å². The van der Waals surface area contributed by atoms with Gasteiger partial charge >= 0.3 is 6.18 Å². The molecule has 2 amide bonds. The molecule has 0 aliphatic carbocycles. The summed E-state index contributed by atoms with van der Waals surface area (Å²) in [6.45, 7) is -0.665. The van der Waals surface area contributed by atoms with E-state index in [-0.39, 0.29) is 29.3 Å². The van der Waals surface area contributed by atoms with Gasteiger partial charge < -0.3 is 27.0 Å². The van der Waals surface area contributed by atoms with Gasteiger partial charge in [0.25, 0.3) is 5.91 Å². The first-order valence-corrected chi connectivity index (χ1v) is 9.54. The molecule has 0 spiro atoms. The summed E-state index contributed by atoms with van der Waals surface area (Å²) in [5, 5.41) is 4.93. The van der Waals surface area contributed by atoms with Crippen molar-refractivity contribution in [1.82, 2.24) is 9.97 Å². The molecule has 1 fully saturated rings. The molecule has 0 radical (unpaired) electrons. The maximum absolute atomic E-state index is 12.5. The van der Waals surface area contributed by atoms with Gasteiger partial charge in [-0.15, -0.1) is 0 Å². The van der Waals surface area contributed by atoms with Gasteiger partial charge in [0.15, 0.2) is 0 Å². The number of primary amides is 2. The Morgan fingerprint density at radius 1 is 1.16 bits per heavy atom. The van der Waals surface area contributed by atoms with Gasteiger partial charge in [0.05, 0.1) is 5.56 Å². The van der Waals surface area contributed by atoms with Gasteiger partial charge in [-0.3, -0.25) is 9.59 Å². The van der Waals surface area contributed by atoms with E-state index in [1.807, 2.05) is 4.90 Å². The second-order valence-electron chi connectivity index (χ2n) is 7.07. The molecule has 2 aromatic rings. The molecule has 0 saturated carbocycles. The van der Waals surface area contributed by atoms with Crippen LogP contribution in [0.4, 0.5) is 36.3 Å². The molecule has 2 heterocycles. The third kappa shape index (κ3) is 5.74. The minimum absolute atomic E-state index is 0.0181. The third-order valence-corrected chi connectivity index (χ3v) is 4.80. The van der Waals surface area contributed by atoms with Gasteiger partial charge in [-0.1, -0.05) is 0 Å². The number of rotatable bonds is 7. The maximum atomic E-state index is 12.5. The van der Waals surface area contributed by atoms with E-state index in [2.05, 4.69) is 20.6 Å². The summed E-state index contributed by atoms with van der Waals surface area (Å²) in [5.41, 5.74) is 11.8. The predicted molar refractivity (Wildman–Crippen MR) is 109 cm³/mol. The number of benzene rings is 1. The second kappa shape index (κ2) is 9.06. The highest BCUT2D eigenvalue weighted by molar-refractivity contribution is 5.97. The Labute approximate surface area is 176 Å². The summed E-state index contributed by atoms with van der Waals surface area (Å²) >= 11 is 0. The van der Waals surface area contributed by atoms with E-state index >= 15 is 0 Å². The van der Waals surface area contributed by atoms with Gasteiger partial charge in [-0.25, -0.2) is 4.98 Å². The van der Waals surface area contributed by atoms with E-state index in [0.29, 0.717) is 18.7 Å². The van der Waals surface area contributed by atoms with Crippen molar-refractivity contribution in [3.05, 3.63) is 36.0 Å². The molecule has 166 valence electrons. The summed E-state index contributed by atoms with van der Waals surface area (Å²) in [7, 11) is 0. The monoisotopic (exact) mass is 437 g/mol. The van der Waals surface area contributed by atoms with Crippen LogP contribution in [0.15, 0.2) is 30.5 Å². The van der Waals surface area contributed by atoms with Crippen molar-refractivity contribution in [3.8, 4) is 0 Å². The van der Waals surface area contributed by atoms with Gasteiger partial charge in [0.2, 0.25) is 11.9 Å². The largest absolute Gasteiger partial charge is 0.405 e. The van der Waals surface area contributed by atoms with E-state index in [4.69, 9.17) is 11.5 Å². The SMILES string of the molecule is NC(=O)c1cnc(Nc2ccc(N3CCCC[C@H]3C(N)=O)cc2)nc1NCC(F)(F)F. The fourth-order valence-corrected chi connectivity index (χ4v) is 3.34. The first kappa shape index (κ1) is 22.1. The van der Waals surface area contributed by atoms with E-state index in [1.54, 1.807) is 24.3 Å². The number of nitrogens with two attached hydrogens (primary N) is 2. The molecule has 1 saturated heterocycles. The fourth-order valence-electron chi connectivity index (χ4n) is 3.34. The quantitative estimate of drug-likeness (QED) is 0.520. The minimum atomic E-state index is -4.50. The Hall–Kier alpha value is -3.57. The third-order valence-electron chi connectivity index (χ3n) is 4.80. The van der Waals surface area contributed by atoms with Crippen LogP contribution >= 0.6 is 0 Å². The number of carbonyl (C=O) groups is 2. The molecule has 0 bridgehead atoms. The molecule has 9 nitrogen and oxygen atoms in total. The lowest BCUT2D eigenvalue weighted by Crippen LogP contribution is -2.47. The molecule has 12 heteroatoms. The number of piperidine rings is 1. The van der Waals surface area contributed by atoms with Gasteiger partial charge in [-0.2, -0.15) is 18.2 Å². The zero-order valence-corrected chi connectivity index (χ0v) is 16.4. The standard InChI is InChI=1S/C19H22F3N7O2/c20-19(21,22)10-26-17-13(15(23)30)9-25-18(28-17)27-11-4-6-12(7-5-11)29-8-2-1-3-14(29)16(24)31/h4-7,9,14H,1-3,8,10H2,(H2,23,30)(H2,24,31)(H2,25,26,27,28)/t14-/m0/s1. The van der Waals surface area contributed by atoms with Crippen molar-refractivity contribution in [2.45, 2.75) is 31.5 Å². The summed E-state index contributed by atoms with van der Waals surface area (Å²) < 4.78 is 37.6. The maximum Gasteiger partial charge on any atom is 0.405 e. The van der Waals surface area contributed by atoms with Crippen LogP contribution in [0.1, 0.15) is 29.6 Å². The number of aromatic nitrogens is 2. The lowest BCUT2D eigenvalue weighted by molar-refractivity contribution is -0.119. The Morgan fingerprint density at radius 3 is 2.48 bits per heavy atom. The number of hydrogen-bond donors (Lipinski definition) is 4. The Bertz CT molecular complexity index is 951. The van der Waals surface area contributed by atoms with E-state index in [0.717, 1.165) is 24.7 Å². The molecule has 1 aromatic heterocycles. The molecule has 6 N–H and O–H groups in total. The summed E-state index contributed by atoms with van der Waals surface area (Å²) in [4.78, 5) is 33.0. The number of nitrogens with zero attached hydrogens (tertiary/aromatic N) is 3. The number of nitrogens with one attached hydrogen (secondary N) is 2. The number of carbonyl (C=O) groups excluding carboxylic acids is 2. The summed E-state index contributed by atoms with van der Waals surface area (Å²) in [6, 6.07) is 6.67. The number of alkyl halides is 3. The molecule has 1 aliphatic rings. The molecule has 1 aromatic carbocycles. The lowest BCUT2D eigenvalue weighted by Gasteiger charge is -2.35. The highest BCUT2D eigenvalue weighted by Crippen LogP contribution is 2.27.